The smallest absolute Gasteiger partial charge is 0.327 e. The van der Waals surface area contributed by atoms with Crippen molar-refractivity contribution in [3.63, 3.8) is 0 Å². The van der Waals surface area contributed by atoms with E-state index in [4.69, 9.17) is 4.42 Å². The van der Waals surface area contributed by atoms with E-state index in [9.17, 15) is 9.59 Å². The number of imide groups is 1. The standard InChI is InChI=1S/C22H27N3O3/c1-2-24-20(26)22(10-13-23(14-11-22)16-19-9-15-28-17-19)25(21(24)27)12-8-18-6-4-3-5-7-18/h3-7,9,15,17H,2,8,10-14,16H2,1H3. The summed E-state index contributed by atoms with van der Waals surface area (Å²) >= 11 is 0. The van der Waals surface area contributed by atoms with Gasteiger partial charge in [-0.25, -0.2) is 4.79 Å². The summed E-state index contributed by atoms with van der Waals surface area (Å²) in [5.74, 6) is -0.0176. The van der Waals surface area contributed by atoms with Crippen LogP contribution in [0, 0.1) is 0 Å². The monoisotopic (exact) mass is 381 g/mol. The molecule has 1 spiro atoms. The number of amides is 3. The normalized spacial score (nSPS) is 19.8. The third kappa shape index (κ3) is 3.33. The second kappa shape index (κ2) is 7.80. The molecular formula is C22H27N3O3. The number of nitrogens with zero attached hydrogens (tertiary/aromatic N) is 3. The number of piperidine rings is 1. The van der Waals surface area contributed by atoms with E-state index < -0.39 is 5.54 Å². The lowest BCUT2D eigenvalue weighted by atomic mass is 9.85. The molecule has 0 unspecified atom stereocenters. The van der Waals surface area contributed by atoms with E-state index in [1.165, 1.54) is 10.5 Å². The van der Waals surface area contributed by atoms with Crippen LogP contribution < -0.4 is 0 Å². The van der Waals surface area contributed by atoms with Gasteiger partial charge < -0.3 is 9.32 Å². The molecular weight excluding hydrogens is 354 g/mol. The first-order chi connectivity index (χ1) is 13.6. The van der Waals surface area contributed by atoms with Gasteiger partial charge in [0.15, 0.2) is 0 Å². The maximum Gasteiger partial charge on any atom is 0.327 e. The Hall–Kier alpha value is -2.60. The average molecular weight is 381 g/mol. The first-order valence-corrected chi connectivity index (χ1v) is 10.0. The molecule has 148 valence electrons. The molecule has 0 saturated carbocycles. The molecule has 0 radical (unpaired) electrons. The first-order valence-electron chi connectivity index (χ1n) is 10.0. The van der Waals surface area contributed by atoms with Crippen LogP contribution in [0.15, 0.2) is 53.3 Å². The maximum atomic E-state index is 13.2. The van der Waals surface area contributed by atoms with Crippen molar-refractivity contribution in [2.45, 2.75) is 38.3 Å². The van der Waals surface area contributed by atoms with Crippen molar-refractivity contribution in [2.24, 2.45) is 0 Å². The summed E-state index contributed by atoms with van der Waals surface area (Å²) in [4.78, 5) is 31.8. The van der Waals surface area contributed by atoms with Gasteiger partial charge in [0.05, 0.1) is 12.5 Å². The second-order valence-electron chi connectivity index (χ2n) is 7.66. The van der Waals surface area contributed by atoms with E-state index in [0.717, 1.165) is 31.6 Å². The van der Waals surface area contributed by atoms with Crippen molar-refractivity contribution in [3.05, 3.63) is 60.1 Å². The summed E-state index contributed by atoms with van der Waals surface area (Å²) in [5, 5.41) is 0. The molecule has 2 aliphatic rings. The van der Waals surface area contributed by atoms with E-state index >= 15 is 0 Å². The molecule has 6 heteroatoms. The molecule has 0 atom stereocenters. The van der Waals surface area contributed by atoms with Crippen LogP contribution >= 0.6 is 0 Å². The SMILES string of the molecule is CCN1C(=O)N(CCc2ccccc2)C2(CCN(Cc3ccoc3)CC2)C1=O. The van der Waals surface area contributed by atoms with E-state index in [-0.39, 0.29) is 11.9 Å². The van der Waals surface area contributed by atoms with Gasteiger partial charge in [0.2, 0.25) is 0 Å². The predicted octanol–water partition coefficient (Wildman–Crippen LogP) is 3.14. The second-order valence-corrected chi connectivity index (χ2v) is 7.66. The van der Waals surface area contributed by atoms with E-state index in [2.05, 4.69) is 17.0 Å². The molecule has 0 bridgehead atoms. The largest absolute Gasteiger partial charge is 0.472 e. The lowest BCUT2D eigenvalue weighted by Crippen LogP contribution is -2.56. The fraction of sp³-hybridized carbons (Fsp3) is 0.455. The lowest BCUT2D eigenvalue weighted by molar-refractivity contribution is -0.135. The highest BCUT2D eigenvalue weighted by molar-refractivity contribution is 6.07. The molecule has 28 heavy (non-hydrogen) atoms. The number of hydrogen-bond acceptors (Lipinski definition) is 4. The highest BCUT2D eigenvalue weighted by Gasteiger charge is 2.57. The van der Waals surface area contributed by atoms with Gasteiger partial charge in [-0.1, -0.05) is 30.3 Å². The Balaban J connectivity index is 1.49. The van der Waals surface area contributed by atoms with Crippen LogP contribution in [-0.4, -0.2) is 58.4 Å². The number of carbonyl (C=O) groups excluding carboxylic acids is 2. The van der Waals surface area contributed by atoms with Crippen LogP contribution in [0.5, 0.6) is 0 Å². The fourth-order valence-corrected chi connectivity index (χ4v) is 4.46. The predicted molar refractivity (Wildman–Crippen MR) is 106 cm³/mol. The van der Waals surface area contributed by atoms with Crippen LogP contribution in [0.4, 0.5) is 4.79 Å². The number of urea groups is 1. The minimum atomic E-state index is -0.686. The number of rotatable bonds is 6. The van der Waals surface area contributed by atoms with Crippen LogP contribution in [-0.2, 0) is 17.8 Å². The van der Waals surface area contributed by atoms with Crippen LogP contribution in [0.2, 0.25) is 0 Å². The Labute approximate surface area is 165 Å². The minimum Gasteiger partial charge on any atom is -0.472 e. The minimum absolute atomic E-state index is 0.0176. The van der Waals surface area contributed by atoms with Crippen molar-refractivity contribution in [1.29, 1.82) is 0 Å². The molecule has 3 amide bonds. The van der Waals surface area contributed by atoms with Crippen molar-refractivity contribution < 1.29 is 14.0 Å². The summed E-state index contributed by atoms with van der Waals surface area (Å²) < 4.78 is 5.16. The zero-order valence-electron chi connectivity index (χ0n) is 16.3. The van der Waals surface area contributed by atoms with Crippen LogP contribution in [0.3, 0.4) is 0 Å². The molecule has 0 N–H and O–H groups in total. The van der Waals surface area contributed by atoms with Crippen molar-refractivity contribution in [2.75, 3.05) is 26.2 Å². The van der Waals surface area contributed by atoms with Crippen LogP contribution in [0.1, 0.15) is 30.9 Å². The molecule has 2 aliphatic heterocycles. The summed E-state index contributed by atoms with van der Waals surface area (Å²) in [5.41, 5.74) is 1.64. The van der Waals surface area contributed by atoms with Gasteiger partial charge in [-0.3, -0.25) is 14.6 Å². The third-order valence-electron chi connectivity index (χ3n) is 6.07. The van der Waals surface area contributed by atoms with E-state index in [0.29, 0.717) is 25.9 Å². The number of furan rings is 1. The summed E-state index contributed by atoms with van der Waals surface area (Å²) in [6.45, 7) is 5.29. The summed E-state index contributed by atoms with van der Waals surface area (Å²) in [7, 11) is 0. The highest BCUT2D eigenvalue weighted by Crippen LogP contribution is 2.37. The fourth-order valence-electron chi connectivity index (χ4n) is 4.46. The molecule has 2 aromatic rings. The van der Waals surface area contributed by atoms with E-state index in [1.54, 1.807) is 12.5 Å². The van der Waals surface area contributed by atoms with Gasteiger partial charge in [-0.2, -0.15) is 0 Å². The molecule has 0 aliphatic carbocycles. The van der Waals surface area contributed by atoms with Crippen LogP contribution in [0.25, 0.3) is 0 Å². The molecule has 1 aromatic carbocycles. The lowest BCUT2D eigenvalue weighted by Gasteiger charge is -2.42. The quantitative estimate of drug-likeness (QED) is 0.722. The van der Waals surface area contributed by atoms with Gasteiger partial charge in [-0.05, 0) is 37.8 Å². The first kappa shape index (κ1) is 18.7. The summed E-state index contributed by atoms with van der Waals surface area (Å²) in [6.07, 6.45) is 5.57. The number of carbonyl (C=O) groups is 2. The number of hydrogen-bond donors (Lipinski definition) is 0. The molecule has 3 heterocycles. The molecule has 1 aromatic heterocycles. The van der Waals surface area contributed by atoms with Gasteiger partial charge >= 0.3 is 6.03 Å². The molecule has 4 rings (SSSR count). The third-order valence-corrected chi connectivity index (χ3v) is 6.07. The Bertz CT molecular complexity index is 811. The number of likely N-dealkylation sites (tertiary alicyclic amines) is 1. The van der Waals surface area contributed by atoms with E-state index in [1.807, 2.05) is 36.1 Å². The Morgan fingerprint density at radius 3 is 2.43 bits per heavy atom. The Morgan fingerprint density at radius 1 is 1.04 bits per heavy atom. The Morgan fingerprint density at radius 2 is 1.79 bits per heavy atom. The van der Waals surface area contributed by atoms with Gasteiger partial charge in [0.25, 0.3) is 5.91 Å². The average Bonchev–Trinajstić information content (AvgIpc) is 3.29. The molecule has 2 saturated heterocycles. The summed E-state index contributed by atoms with van der Waals surface area (Å²) in [6, 6.07) is 12.0. The van der Waals surface area contributed by atoms with Crippen molar-refractivity contribution in [3.8, 4) is 0 Å². The van der Waals surface area contributed by atoms with Gasteiger partial charge in [0.1, 0.15) is 5.54 Å². The maximum absolute atomic E-state index is 13.2. The van der Waals surface area contributed by atoms with Gasteiger partial charge in [0, 0.05) is 38.3 Å². The highest BCUT2D eigenvalue weighted by atomic mass is 16.3. The zero-order chi connectivity index (χ0) is 19.6. The zero-order valence-corrected chi connectivity index (χ0v) is 16.3. The molecule has 2 fully saturated rings. The topological polar surface area (TPSA) is 57.0 Å². The van der Waals surface area contributed by atoms with Gasteiger partial charge in [-0.15, -0.1) is 0 Å². The molecule has 6 nitrogen and oxygen atoms in total. The number of likely N-dealkylation sites (N-methyl/N-ethyl adjacent to an activating group) is 1. The van der Waals surface area contributed by atoms with Crippen molar-refractivity contribution in [1.82, 2.24) is 14.7 Å². The number of benzene rings is 1. The van der Waals surface area contributed by atoms with Crippen molar-refractivity contribution >= 4 is 11.9 Å². The Kier molecular flexibility index (Phi) is 5.22.